The highest BCUT2D eigenvalue weighted by Gasteiger charge is 2.24. The smallest absolute Gasteiger partial charge is 0.282 e. The molecular formula is C22H26N3O3+. The van der Waals surface area contributed by atoms with Gasteiger partial charge in [0.1, 0.15) is 6.54 Å². The van der Waals surface area contributed by atoms with Crippen LogP contribution in [0, 0.1) is 0 Å². The molecule has 0 bridgehead atoms. The number of benzene rings is 2. The molecule has 1 aliphatic heterocycles. The molecule has 1 atom stereocenters. The Hall–Kier alpha value is -2.86. The van der Waals surface area contributed by atoms with Gasteiger partial charge in [0.2, 0.25) is 5.82 Å². The van der Waals surface area contributed by atoms with Crippen LogP contribution in [0.3, 0.4) is 0 Å². The molecule has 1 N–H and O–H groups in total. The minimum Gasteiger partial charge on any atom is -0.490 e. The Kier molecular flexibility index (Phi) is 5.58. The van der Waals surface area contributed by atoms with E-state index >= 15 is 0 Å². The van der Waals surface area contributed by atoms with Crippen molar-refractivity contribution in [3.63, 3.8) is 0 Å². The predicted octanol–water partition coefficient (Wildman–Crippen LogP) is 2.68. The van der Waals surface area contributed by atoms with E-state index in [4.69, 9.17) is 14.0 Å². The predicted molar refractivity (Wildman–Crippen MR) is 105 cm³/mol. The van der Waals surface area contributed by atoms with Gasteiger partial charge in [-0.15, -0.1) is 0 Å². The van der Waals surface area contributed by atoms with E-state index in [0.29, 0.717) is 24.9 Å². The molecule has 1 aromatic heterocycles. The van der Waals surface area contributed by atoms with Crippen LogP contribution in [0.1, 0.15) is 30.9 Å². The molecule has 0 aliphatic carbocycles. The Morgan fingerprint density at radius 1 is 1.00 bits per heavy atom. The fourth-order valence-corrected chi connectivity index (χ4v) is 3.64. The molecule has 0 saturated heterocycles. The van der Waals surface area contributed by atoms with Crippen molar-refractivity contribution < 1.29 is 18.9 Å². The number of hydrogen-bond acceptors (Lipinski definition) is 5. The van der Waals surface area contributed by atoms with E-state index in [2.05, 4.69) is 22.3 Å². The van der Waals surface area contributed by atoms with Crippen LogP contribution in [0.2, 0.25) is 0 Å². The van der Waals surface area contributed by atoms with Gasteiger partial charge in [-0.2, -0.15) is 4.98 Å². The van der Waals surface area contributed by atoms with Crippen molar-refractivity contribution in [3.8, 4) is 22.9 Å². The molecular weight excluding hydrogens is 354 g/mol. The third-order valence-electron chi connectivity index (χ3n) is 4.96. The third kappa shape index (κ3) is 4.02. The van der Waals surface area contributed by atoms with Gasteiger partial charge in [-0.3, -0.25) is 0 Å². The summed E-state index contributed by atoms with van der Waals surface area (Å²) in [4.78, 5) is 5.98. The minimum absolute atomic E-state index is 0.625. The van der Waals surface area contributed by atoms with Gasteiger partial charge in [0.25, 0.3) is 5.89 Å². The standard InChI is InChI=1S/C22H25N3O3/c1-3-26-19-12-17-10-11-25(14-18(17)13-20(19)27-4-2)15-21-23-22(24-28-21)16-8-6-5-7-9-16/h5-9,12-13H,3-4,10-11,14-15H2,1-2H3/p+1. The molecule has 2 heterocycles. The molecule has 0 amide bonds. The summed E-state index contributed by atoms with van der Waals surface area (Å²) in [5, 5.41) is 4.13. The summed E-state index contributed by atoms with van der Waals surface area (Å²) < 4.78 is 17.0. The summed E-state index contributed by atoms with van der Waals surface area (Å²) in [5.41, 5.74) is 3.61. The van der Waals surface area contributed by atoms with Gasteiger partial charge < -0.3 is 18.9 Å². The fraction of sp³-hybridized carbons (Fsp3) is 0.364. The Morgan fingerprint density at radius 2 is 1.71 bits per heavy atom. The second kappa shape index (κ2) is 8.44. The Morgan fingerprint density at radius 3 is 2.43 bits per heavy atom. The van der Waals surface area contributed by atoms with Gasteiger partial charge in [-0.1, -0.05) is 35.5 Å². The van der Waals surface area contributed by atoms with Crippen molar-refractivity contribution in [3.05, 3.63) is 59.5 Å². The lowest BCUT2D eigenvalue weighted by molar-refractivity contribution is -0.930. The van der Waals surface area contributed by atoms with Crippen molar-refractivity contribution in [2.75, 3.05) is 19.8 Å². The highest BCUT2D eigenvalue weighted by Crippen LogP contribution is 2.32. The number of nitrogens with one attached hydrogen (secondary N) is 1. The normalized spacial score (nSPS) is 15.9. The first-order chi connectivity index (χ1) is 13.8. The van der Waals surface area contributed by atoms with Crippen molar-refractivity contribution in [2.24, 2.45) is 0 Å². The maximum atomic E-state index is 5.79. The lowest BCUT2D eigenvalue weighted by Gasteiger charge is -2.26. The number of fused-ring (bicyclic) bond motifs is 1. The van der Waals surface area contributed by atoms with Crippen LogP contribution < -0.4 is 14.4 Å². The maximum absolute atomic E-state index is 5.79. The first-order valence-corrected chi connectivity index (χ1v) is 9.89. The lowest BCUT2D eigenvalue weighted by atomic mass is 9.99. The van der Waals surface area contributed by atoms with Crippen LogP contribution in [0.4, 0.5) is 0 Å². The van der Waals surface area contributed by atoms with E-state index in [1.54, 1.807) is 0 Å². The molecule has 0 fully saturated rings. The number of quaternary nitrogens is 1. The molecule has 0 radical (unpaired) electrons. The van der Waals surface area contributed by atoms with Gasteiger partial charge in [-0.25, -0.2) is 0 Å². The van der Waals surface area contributed by atoms with Gasteiger partial charge in [0, 0.05) is 17.5 Å². The Bertz CT molecular complexity index is 924. The van der Waals surface area contributed by atoms with Gasteiger partial charge in [-0.05, 0) is 31.5 Å². The second-order valence-corrected chi connectivity index (χ2v) is 6.91. The van der Waals surface area contributed by atoms with Gasteiger partial charge >= 0.3 is 0 Å². The summed E-state index contributed by atoms with van der Waals surface area (Å²) in [5.74, 6) is 2.99. The van der Waals surface area contributed by atoms with E-state index < -0.39 is 0 Å². The topological polar surface area (TPSA) is 61.8 Å². The summed E-state index contributed by atoms with van der Waals surface area (Å²) >= 11 is 0. The number of hydrogen-bond donors (Lipinski definition) is 1. The number of aromatic nitrogens is 2. The molecule has 6 heteroatoms. The first kappa shape index (κ1) is 18.5. The van der Waals surface area contributed by atoms with Crippen molar-refractivity contribution in [2.45, 2.75) is 33.4 Å². The van der Waals surface area contributed by atoms with Crippen molar-refractivity contribution >= 4 is 0 Å². The molecule has 4 rings (SSSR count). The first-order valence-electron chi connectivity index (χ1n) is 9.89. The number of ether oxygens (including phenoxy) is 2. The summed E-state index contributed by atoms with van der Waals surface area (Å²) in [6.45, 7) is 7.90. The van der Waals surface area contributed by atoms with Crippen molar-refractivity contribution in [1.29, 1.82) is 0 Å². The molecule has 0 spiro atoms. The van der Waals surface area contributed by atoms with E-state index in [0.717, 1.165) is 43.1 Å². The third-order valence-corrected chi connectivity index (χ3v) is 4.96. The minimum atomic E-state index is 0.625. The fourth-order valence-electron chi connectivity index (χ4n) is 3.64. The number of rotatable bonds is 7. The van der Waals surface area contributed by atoms with Gasteiger partial charge in [0.15, 0.2) is 18.0 Å². The molecule has 2 aromatic carbocycles. The average Bonchev–Trinajstić information content (AvgIpc) is 3.18. The quantitative estimate of drug-likeness (QED) is 0.683. The van der Waals surface area contributed by atoms with Crippen LogP contribution in [0.25, 0.3) is 11.4 Å². The SMILES string of the molecule is CCOc1cc2c(cc1OCC)C[NH+](Cc1nc(-c3ccccc3)no1)CC2. The van der Waals surface area contributed by atoms with Crippen LogP contribution in [-0.2, 0) is 19.5 Å². The monoisotopic (exact) mass is 380 g/mol. The summed E-state index contributed by atoms with van der Waals surface area (Å²) in [6, 6.07) is 14.2. The second-order valence-electron chi connectivity index (χ2n) is 6.91. The van der Waals surface area contributed by atoms with E-state index in [9.17, 15) is 0 Å². The Labute approximate surface area is 165 Å². The zero-order chi connectivity index (χ0) is 19.3. The van der Waals surface area contributed by atoms with Crippen molar-refractivity contribution in [1.82, 2.24) is 10.1 Å². The van der Waals surface area contributed by atoms with Gasteiger partial charge in [0.05, 0.1) is 19.8 Å². The zero-order valence-electron chi connectivity index (χ0n) is 16.4. The van der Waals surface area contributed by atoms with Crippen LogP contribution >= 0.6 is 0 Å². The maximum Gasteiger partial charge on any atom is 0.282 e. The summed E-state index contributed by atoms with van der Waals surface area (Å²) in [6.07, 6.45) is 0.997. The van der Waals surface area contributed by atoms with E-state index in [1.165, 1.54) is 16.0 Å². The average molecular weight is 380 g/mol. The molecule has 1 unspecified atom stereocenters. The van der Waals surface area contributed by atoms with E-state index in [1.807, 2.05) is 44.2 Å². The molecule has 28 heavy (non-hydrogen) atoms. The highest BCUT2D eigenvalue weighted by atomic mass is 16.5. The largest absolute Gasteiger partial charge is 0.490 e. The molecule has 6 nitrogen and oxygen atoms in total. The Balaban J connectivity index is 1.48. The van der Waals surface area contributed by atoms with Crippen LogP contribution in [0.5, 0.6) is 11.5 Å². The van der Waals surface area contributed by atoms with Crippen LogP contribution in [-0.4, -0.2) is 29.9 Å². The molecule has 146 valence electrons. The number of nitrogens with zero attached hydrogens (tertiary/aromatic N) is 2. The zero-order valence-corrected chi connectivity index (χ0v) is 16.4. The molecule has 0 saturated carbocycles. The molecule has 3 aromatic rings. The van der Waals surface area contributed by atoms with Crippen LogP contribution in [0.15, 0.2) is 47.0 Å². The van der Waals surface area contributed by atoms with E-state index in [-0.39, 0.29) is 0 Å². The highest BCUT2D eigenvalue weighted by molar-refractivity contribution is 5.53. The summed E-state index contributed by atoms with van der Waals surface area (Å²) in [7, 11) is 0. The lowest BCUT2D eigenvalue weighted by Crippen LogP contribution is -3.10. The molecule has 1 aliphatic rings.